The van der Waals surface area contributed by atoms with Crippen molar-refractivity contribution in [2.24, 2.45) is 0 Å². The van der Waals surface area contributed by atoms with Crippen LogP contribution in [0.25, 0.3) is 6.08 Å². The summed E-state index contributed by atoms with van der Waals surface area (Å²) in [5.74, 6) is -0.692. The van der Waals surface area contributed by atoms with E-state index in [4.69, 9.17) is 14.2 Å². The van der Waals surface area contributed by atoms with Crippen LogP contribution >= 0.6 is 0 Å². The van der Waals surface area contributed by atoms with Crippen LogP contribution in [-0.4, -0.2) is 25.7 Å². The molecule has 1 rings (SSSR count). The van der Waals surface area contributed by atoms with Gasteiger partial charge in [-0.15, -0.1) is 0 Å². The average Bonchev–Trinajstić information content (AvgIpc) is 2.38. The Bertz CT molecular complexity index is 473. The van der Waals surface area contributed by atoms with Crippen LogP contribution in [-0.2, 0) is 19.1 Å². The van der Waals surface area contributed by atoms with E-state index in [1.807, 2.05) is 0 Å². The zero-order valence-corrected chi connectivity index (χ0v) is 11.1. The van der Waals surface area contributed by atoms with Crippen molar-refractivity contribution in [3.63, 3.8) is 0 Å². The summed E-state index contributed by atoms with van der Waals surface area (Å²) >= 11 is 0. The molecular formula is C14H16O5. The molecule has 102 valence electrons. The van der Waals surface area contributed by atoms with Crippen LogP contribution in [0.3, 0.4) is 0 Å². The Morgan fingerprint density at radius 2 is 1.84 bits per heavy atom. The molecule has 0 atom stereocenters. The fourth-order valence-corrected chi connectivity index (χ4v) is 1.34. The summed E-state index contributed by atoms with van der Waals surface area (Å²) in [5.41, 5.74) is 0.699. The molecule has 0 aliphatic heterocycles. The number of carbonyl (C=O) groups is 2. The van der Waals surface area contributed by atoms with Crippen molar-refractivity contribution in [1.82, 2.24) is 0 Å². The Morgan fingerprint density at radius 3 is 2.32 bits per heavy atom. The number of methoxy groups -OCH3 is 1. The van der Waals surface area contributed by atoms with Gasteiger partial charge in [-0.1, -0.05) is 12.1 Å². The Labute approximate surface area is 111 Å². The standard InChI is InChI=1S/C14H16O5/c1-4-18-14(16)13(19-10(2)15)9-11-5-7-12(17-3)8-6-11/h5-9H,4H2,1-3H3/b13-9-. The summed E-state index contributed by atoms with van der Waals surface area (Å²) in [5, 5.41) is 0. The maximum absolute atomic E-state index is 11.6. The molecule has 0 amide bonds. The number of carbonyl (C=O) groups excluding carboxylic acids is 2. The van der Waals surface area contributed by atoms with Crippen LogP contribution in [0.4, 0.5) is 0 Å². The first kappa shape index (κ1) is 14.8. The molecule has 0 unspecified atom stereocenters. The van der Waals surface area contributed by atoms with Crippen LogP contribution in [0.5, 0.6) is 5.75 Å². The third kappa shape index (κ3) is 4.83. The number of hydrogen-bond acceptors (Lipinski definition) is 5. The lowest BCUT2D eigenvalue weighted by Crippen LogP contribution is -2.12. The summed E-state index contributed by atoms with van der Waals surface area (Å²) < 4.78 is 14.7. The highest BCUT2D eigenvalue weighted by molar-refractivity contribution is 5.93. The molecule has 0 aromatic heterocycles. The van der Waals surface area contributed by atoms with E-state index in [1.54, 1.807) is 38.3 Å². The molecule has 0 aliphatic rings. The Hall–Kier alpha value is -2.30. The summed E-state index contributed by atoms with van der Waals surface area (Å²) in [6.07, 6.45) is 1.44. The molecule has 0 aliphatic carbocycles. The number of ether oxygens (including phenoxy) is 3. The van der Waals surface area contributed by atoms with Gasteiger partial charge in [-0.3, -0.25) is 4.79 Å². The lowest BCUT2D eigenvalue weighted by Gasteiger charge is -2.06. The lowest BCUT2D eigenvalue weighted by atomic mass is 10.2. The normalized spacial score (nSPS) is 10.8. The van der Waals surface area contributed by atoms with Crippen molar-refractivity contribution in [2.75, 3.05) is 13.7 Å². The predicted molar refractivity (Wildman–Crippen MR) is 69.4 cm³/mol. The van der Waals surface area contributed by atoms with E-state index in [9.17, 15) is 9.59 Å². The van der Waals surface area contributed by atoms with Crippen molar-refractivity contribution in [3.05, 3.63) is 35.6 Å². The average molecular weight is 264 g/mol. The summed E-state index contributed by atoms with van der Waals surface area (Å²) in [7, 11) is 1.56. The van der Waals surface area contributed by atoms with Gasteiger partial charge in [0.15, 0.2) is 0 Å². The van der Waals surface area contributed by atoms with E-state index in [1.165, 1.54) is 13.0 Å². The van der Waals surface area contributed by atoms with Gasteiger partial charge in [0.1, 0.15) is 5.75 Å². The summed E-state index contributed by atoms with van der Waals surface area (Å²) in [6.45, 7) is 3.11. The van der Waals surface area contributed by atoms with E-state index in [2.05, 4.69) is 0 Å². The fraction of sp³-hybridized carbons (Fsp3) is 0.286. The van der Waals surface area contributed by atoms with Gasteiger partial charge in [0.2, 0.25) is 5.76 Å². The van der Waals surface area contributed by atoms with Crippen molar-refractivity contribution >= 4 is 18.0 Å². The van der Waals surface area contributed by atoms with Crippen molar-refractivity contribution in [1.29, 1.82) is 0 Å². The Balaban J connectivity index is 2.96. The van der Waals surface area contributed by atoms with E-state index in [-0.39, 0.29) is 12.4 Å². The van der Waals surface area contributed by atoms with Gasteiger partial charge in [0.25, 0.3) is 0 Å². The minimum Gasteiger partial charge on any atom is -0.497 e. The highest BCUT2D eigenvalue weighted by atomic mass is 16.6. The Kier molecular flexibility index (Phi) is 5.60. The number of esters is 2. The largest absolute Gasteiger partial charge is 0.497 e. The second-order valence-corrected chi connectivity index (χ2v) is 3.60. The molecule has 5 nitrogen and oxygen atoms in total. The van der Waals surface area contributed by atoms with Crippen molar-refractivity contribution in [2.45, 2.75) is 13.8 Å². The van der Waals surface area contributed by atoms with Gasteiger partial charge in [-0.25, -0.2) is 4.79 Å². The maximum atomic E-state index is 11.6. The summed E-state index contributed by atoms with van der Waals surface area (Å²) in [4.78, 5) is 22.6. The highest BCUT2D eigenvalue weighted by Crippen LogP contribution is 2.15. The lowest BCUT2D eigenvalue weighted by molar-refractivity contribution is -0.149. The van der Waals surface area contributed by atoms with Crippen LogP contribution in [0, 0.1) is 0 Å². The third-order valence-electron chi connectivity index (χ3n) is 2.14. The van der Waals surface area contributed by atoms with E-state index in [0.29, 0.717) is 11.3 Å². The molecule has 0 saturated carbocycles. The van der Waals surface area contributed by atoms with E-state index >= 15 is 0 Å². The Morgan fingerprint density at radius 1 is 1.21 bits per heavy atom. The smallest absolute Gasteiger partial charge is 0.374 e. The van der Waals surface area contributed by atoms with Gasteiger partial charge in [0, 0.05) is 6.92 Å². The number of hydrogen-bond donors (Lipinski definition) is 0. The molecule has 0 bridgehead atoms. The topological polar surface area (TPSA) is 61.8 Å². The van der Waals surface area contributed by atoms with Crippen LogP contribution in [0.2, 0.25) is 0 Å². The van der Waals surface area contributed by atoms with Crippen molar-refractivity contribution < 1.29 is 23.8 Å². The first-order chi connectivity index (χ1) is 9.06. The second-order valence-electron chi connectivity index (χ2n) is 3.60. The van der Waals surface area contributed by atoms with Gasteiger partial charge in [-0.2, -0.15) is 0 Å². The monoisotopic (exact) mass is 264 g/mol. The number of benzene rings is 1. The molecule has 0 heterocycles. The molecule has 1 aromatic rings. The van der Waals surface area contributed by atoms with E-state index < -0.39 is 11.9 Å². The van der Waals surface area contributed by atoms with Gasteiger partial charge < -0.3 is 14.2 Å². The quantitative estimate of drug-likeness (QED) is 0.463. The minimum atomic E-state index is -0.673. The van der Waals surface area contributed by atoms with Gasteiger partial charge in [0.05, 0.1) is 13.7 Å². The van der Waals surface area contributed by atoms with Crippen molar-refractivity contribution in [3.8, 4) is 5.75 Å². The van der Waals surface area contributed by atoms with Crippen LogP contribution in [0.15, 0.2) is 30.0 Å². The molecule has 19 heavy (non-hydrogen) atoms. The SMILES string of the molecule is CCOC(=O)/C(=C/c1ccc(OC)cc1)OC(C)=O. The zero-order chi connectivity index (χ0) is 14.3. The molecule has 0 fully saturated rings. The molecule has 0 radical (unpaired) electrons. The molecule has 0 N–H and O–H groups in total. The van der Waals surface area contributed by atoms with Crippen LogP contribution in [0.1, 0.15) is 19.4 Å². The van der Waals surface area contributed by atoms with Crippen LogP contribution < -0.4 is 4.74 Å². The third-order valence-corrected chi connectivity index (χ3v) is 2.14. The fourth-order valence-electron chi connectivity index (χ4n) is 1.34. The highest BCUT2D eigenvalue weighted by Gasteiger charge is 2.14. The molecule has 1 aromatic carbocycles. The van der Waals surface area contributed by atoms with Gasteiger partial charge >= 0.3 is 11.9 Å². The van der Waals surface area contributed by atoms with Gasteiger partial charge in [-0.05, 0) is 30.7 Å². The zero-order valence-electron chi connectivity index (χ0n) is 11.1. The number of rotatable bonds is 5. The first-order valence-electron chi connectivity index (χ1n) is 5.78. The molecule has 5 heteroatoms. The van der Waals surface area contributed by atoms with E-state index in [0.717, 1.165) is 0 Å². The second kappa shape index (κ2) is 7.20. The molecular weight excluding hydrogens is 248 g/mol. The molecule has 0 saturated heterocycles. The minimum absolute atomic E-state index is 0.139. The summed E-state index contributed by atoms with van der Waals surface area (Å²) in [6, 6.07) is 6.95. The predicted octanol–water partition coefficient (Wildman–Crippen LogP) is 2.16. The maximum Gasteiger partial charge on any atom is 0.374 e. The molecule has 0 spiro atoms. The first-order valence-corrected chi connectivity index (χ1v) is 5.78.